The Hall–Kier alpha value is -1.75. The minimum absolute atomic E-state index is 0.262. The summed E-state index contributed by atoms with van der Waals surface area (Å²) in [7, 11) is 4.35. The maximum absolute atomic E-state index is 5.79. The van der Waals surface area contributed by atoms with Crippen molar-refractivity contribution < 1.29 is 0 Å². The quantitative estimate of drug-likeness (QED) is 0.748. The van der Waals surface area contributed by atoms with Gasteiger partial charge in [0.25, 0.3) is 0 Å². The van der Waals surface area contributed by atoms with Crippen molar-refractivity contribution in [2.45, 2.75) is 31.2 Å². The van der Waals surface area contributed by atoms with Gasteiger partial charge in [0.1, 0.15) is 0 Å². The van der Waals surface area contributed by atoms with E-state index in [9.17, 15) is 0 Å². The molecule has 5 heteroatoms. The van der Waals surface area contributed by atoms with Gasteiger partial charge in [0.15, 0.2) is 0 Å². The lowest BCUT2D eigenvalue weighted by Gasteiger charge is -2.36. The number of nitrogen functional groups attached to an aromatic ring is 1. The lowest BCUT2D eigenvalue weighted by Crippen LogP contribution is -2.47. The molecular formula is C15H23N5. The number of aromatic amines is 1. The highest BCUT2D eigenvalue weighted by Gasteiger charge is 2.35. The van der Waals surface area contributed by atoms with Gasteiger partial charge < -0.3 is 20.9 Å². The van der Waals surface area contributed by atoms with E-state index in [4.69, 9.17) is 5.73 Å². The standard InChI is InChI=1S/C15H23N5/c1-20(2)15(7-3-4-8-15)10-17-14-18-12-6-5-11(16)9-13(12)19-14/h5-6,9H,3-4,7-8,10,16H2,1-2H3,(H2,17,18,19). The van der Waals surface area contributed by atoms with Gasteiger partial charge in [-0.1, -0.05) is 12.8 Å². The molecule has 0 aliphatic heterocycles. The third-order valence-corrected chi connectivity index (χ3v) is 4.57. The number of nitrogens with two attached hydrogens (primary N) is 1. The lowest BCUT2D eigenvalue weighted by atomic mass is 9.96. The molecule has 1 saturated carbocycles. The maximum Gasteiger partial charge on any atom is 0.201 e. The first-order valence-corrected chi connectivity index (χ1v) is 7.26. The molecule has 4 N–H and O–H groups in total. The highest BCUT2D eigenvalue weighted by Crippen LogP contribution is 2.33. The molecule has 1 fully saturated rings. The van der Waals surface area contributed by atoms with Crippen molar-refractivity contribution in [1.82, 2.24) is 14.9 Å². The smallest absolute Gasteiger partial charge is 0.201 e. The van der Waals surface area contributed by atoms with Crippen LogP contribution in [0.4, 0.5) is 11.6 Å². The van der Waals surface area contributed by atoms with E-state index in [0.29, 0.717) is 0 Å². The Balaban J connectivity index is 1.76. The minimum atomic E-state index is 0.262. The summed E-state index contributed by atoms with van der Waals surface area (Å²) in [6.07, 6.45) is 5.13. The number of nitrogens with zero attached hydrogens (tertiary/aromatic N) is 2. The second-order valence-electron chi connectivity index (χ2n) is 6.04. The van der Waals surface area contributed by atoms with Crippen molar-refractivity contribution in [1.29, 1.82) is 0 Å². The summed E-state index contributed by atoms with van der Waals surface area (Å²) >= 11 is 0. The molecule has 0 amide bonds. The number of nitrogens with one attached hydrogen (secondary N) is 2. The average Bonchev–Trinajstić information content (AvgIpc) is 3.02. The second kappa shape index (κ2) is 4.98. The monoisotopic (exact) mass is 273 g/mol. The van der Waals surface area contributed by atoms with Gasteiger partial charge in [-0.2, -0.15) is 0 Å². The van der Waals surface area contributed by atoms with Crippen LogP contribution >= 0.6 is 0 Å². The highest BCUT2D eigenvalue weighted by atomic mass is 15.2. The van der Waals surface area contributed by atoms with E-state index in [1.807, 2.05) is 18.2 Å². The number of hydrogen-bond donors (Lipinski definition) is 3. The van der Waals surface area contributed by atoms with Crippen molar-refractivity contribution in [3.63, 3.8) is 0 Å². The lowest BCUT2D eigenvalue weighted by molar-refractivity contribution is 0.172. The van der Waals surface area contributed by atoms with Crippen LogP contribution < -0.4 is 11.1 Å². The van der Waals surface area contributed by atoms with Crippen molar-refractivity contribution in [2.75, 3.05) is 31.7 Å². The van der Waals surface area contributed by atoms with E-state index in [2.05, 4.69) is 34.3 Å². The van der Waals surface area contributed by atoms with E-state index in [1.54, 1.807) is 0 Å². The zero-order chi connectivity index (χ0) is 14.2. The molecule has 1 aliphatic carbocycles. The fraction of sp³-hybridized carbons (Fsp3) is 0.533. The molecule has 1 heterocycles. The number of fused-ring (bicyclic) bond motifs is 1. The SMILES string of the molecule is CN(C)C1(CNc2nc3ccc(N)cc3[nH]2)CCCC1. The Morgan fingerprint density at radius 1 is 1.35 bits per heavy atom. The van der Waals surface area contributed by atoms with E-state index in [0.717, 1.165) is 29.2 Å². The number of benzene rings is 1. The first-order valence-electron chi connectivity index (χ1n) is 7.26. The van der Waals surface area contributed by atoms with Crippen LogP contribution in [-0.2, 0) is 0 Å². The van der Waals surface area contributed by atoms with Crippen LogP contribution in [0, 0.1) is 0 Å². The molecule has 1 aromatic heterocycles. The molecule has 5 nitrogen and oxygen atoms in total. The Morgan fingerprint density at radius 3 is 2.80 bits per heavy atom. The predicted molar refractivity (Wildman–Crippen MR) is 83.9 cm³/mol. The highest BCUT2D eigenvalue weighted by molar-refractivity contribution is 5.80. The van der Waals surface area contributed by atoms with Crippen LogP contribution in [0.1, 0.15) is 25.7 Å². The molecule has 0 bridgehead atoms. The molecule has 0 spiro atoms. The third kappa shape index (κ3) is 2.33. The fourth-order valence-electron chi connectivity index (χ4n) is 3.17. The van der Waals surface area contributed by atoms with Crippen molar-refractivity contribution in [3.8, 4) is 0 Å². The molecule has 0 saturated heterocycles. The fourth-order valence-corrected chi connectivity index (χ4v) is 3.17. The summed E-state index contributed by atoms with van der Waals surface area (Å²) in [4.78, 5) is 10.2. The van der Waals surface area contributed by atoms with Gasteiger partial charge in [-0.25, -0.2) is 4.98 Å². The van der Waals surface area contributed by atoms with Gasteiger partial charge in [-0.3, -0.25) is 0 Å². The van der Waals surface area contributed by atoms with Crippen LogP contribution in [0.15, 0.2) is 18.2 Å². The van der Waals surface area contributed by atoms with Crippen LogP contribution in [0.3, 0.4) is 0 Å². The zero-order valence-corrected chi connectivity index (χ0v) is 12.2. The number of H-pyrrole nitrogens is 1. The molecular weight excluding hydrogens is 250 g/mol. The van der Waals surface area contributed by atoms with Crippen molar-refractivity contribution >= 4 is 22.7 Å². The van der Waals surface area contributed by atoms with Crippen LogP contribution in [0.5, 0.6) is 0 Å². The number of likely N-dealkylation sites (N-methyl/N-ethyl adjacent to an activating group) is 1. The number of aromatic nitrogens is 2. The minimum Gasteiger partial charge on any atom is -0.399 e. The van der Waals surface area contributed by atoms with Crippen molar-refractivity contribution in [2.24, 2.45) is 0 Å². The molecule has 108 valence electrons. The topological polar surface area (TPSA) is 70.0 Å². The van der Waals surface area contributed by atoms with E-state index in [1.165, 1.54) is 25.7 Å². The molecule has 1 aliphatic rings. The number of hydrogen-bond acceptors (Lipinski definition) is 4. The van der Waals surface area contributed by atoms with Gasteiger partial charge in [0.2, 0.25) is 5.95 Å². The van der Waals surface area contributed by atoms with Gasteiger partial charge in [-0.15, -0.1) is 0 Å². The van der Waals surface area contributed by atoms with E-state index in [-0.39, 0.29) is 5.54 Å². The summed E-state index contributed by atoms with van der Waals surface area (Å²) < 4.78 is 0. The maximum atomic E-state index is 5.79. The molecule has 20 heavy (non-hydrogen) atoms. The molecule has 0 radical (unpaired) electrons. The number of anilines is 2. The van der Waals surface area contributed by atoms with Crippen LogP contribution in [0.25, 0.3) is 11.0 Å². The Bertz CT molecular complexity index is 595. The third-order valence-electron chi connectivity index (χ3n) is 4.57. The first-order chi connectivity index (χ1) is 9.59. The van der Waals surface area contributed by atoms with Gasteiger partial charge in [0.05, 0.1) is 11.0 Å². The number of rotatable bonds is 4. The largest absolute Gasteiger partial charge is 0.399 e. The van der Waals surface area contributed by atoms with Gasteiger partial charge >= 0.3 is 0 Å². The van der Waals surface area contributed by atoms with Gasteiger partial charge in [0, 0.05) is 17.8 Å². The summed E-state index contributed by atoms with van der Waals surface area (Å²) in [5, 5.41) is 3.47. The Labute approximate surface area is 119 Å². The second-order valence-corrected chi connectivity index (χ2v) is 6.04. The molecule has 1 aromatic carbocycles. The van der Waals surface area contributed by atoms with Gasteiger partial charge in [-0.05, 0) is 45.1 Å². The molecule has 3 rings (SSSR count). The molecule has 0 atom stereocenters. The summed E-state index contributed by atoms with van der Waals surface area (Å²) in [5.41, 5.74) is 8.75. The Morgan fingerprint density at radius 2 is 2.10 bits per heavy atom. The van der Waals surface area contributed by atoms with Crippen molar-refractivity contribution in [3.05, 3.63) is 18.2 Å². The summed E-state index contributed by atoms with van der Waals surface area (Å²) in [5.74, 6) is 0.832. The van der Waals surface area contributed by atoms with Crippen LogP contribution in [-0.4, -0.2) is 41.0 Å². The summed E-state index contributed by atoms with van der Waals surface area (Å²) in [6, 6.07) is 5.75. The van der Waals surface area contributed by atoms with Crippen LogP contribution in [0.2, 0.25) is 0 Å². The number of imidazole rings is 1. The first kappa shape index (κ1) is 13.2. The molecule has 2 aromatic rings. The zero-order valence-electron chi connectivity index (χ0n) is 12.2. The van der Waals surface area contributed by atoms with E-state index < -0.39 is 0 Å². The Kier molecular flexibility index (Phi) is 3.30. The molecule has 0 unspecified atom stereocenters. The normalized spacial score (nSPS) is 17.9. The summed E-state index contributed by atoms with van der Waals surface area (Å²) in [6.45, 7) is 0.926. The van der Waals surface area contributed by atoms with E-state index >= 15 is 0 Å². The predicted octanol–water partition coefficient (Wildman–Crippen LogP) is 2.43. The average molecular weight is 273 g/mol.